The van der Waals surface area contributed by atoms with Crippen molar-refractivity contribution in [1.82, 2.24) is 4.90 Å². The van der Waals surface area contributed by atoms with E-state index in [1.165, 1.54) is 50.7 Å². The fourth-order valence-electron chi connectivity index (χ4n) is 4.63. The van der Waals surface area contributed by atoms with Crippen LogP contribution in [0.4, 0.5) is 0 Å². The lowest BCUT2D eigenvalue weighted by Gasteiger charge is -2.35. The van der Waals surface area contributed by atoms with Crippen LogP contribution >= 0.6 is 0 Å². The van der Waals surface area contributed by atoms with Crippen molar-refractivity contribution in [1.29, 1.82) is 0 Å². The Labute approximate surface area is 148 Å². The third-order valence-corrected chi connectivity index (χ3v) is 5.95. The molecule has 0 radical (unpaired) electrons. The van der Waals surface area contributed by atoms with Crippen molar-refractivity contribution in [2.75, 3.05) is 13.2 Å². The molecule has 4 aromatic carbocycles. The molecule has 1 N–H and O–H groups in total. The van der Waals surface area contributed by atoms with E-state index in [1.807, 2.05) is 0 Å². The summed E-state index contributed by atoms with van der Waals surface area (Å²) in [5, 5.41) is 17.8. The average molecular weight is 329 g/mol. The first kappa shape index (κ1) is 15.1. The number of aliphatic hydroxyl groups excluding tert-OH is 1. The highest BCUT2D eigenvalue weighted by atomic mass is 16.3. The maximum atomic E-state index is 9.73. The second kappa shape index (κ2) is 5.98. The maximum absolute atomic E-state index is 9.73. The Morgan fingerprint density at radius 2 is 1.56 bits per heavy atom. The molecule has 1 atom stereocenters. The van der Waals surface area contributed by atoms with Gasteiger partial charge >= 0.3 is 0 Å². The highest BCUT2D eigenvalue weighted by Gasteiger charge is 2.22. The molecule has 0 aliphatic carbocycles. The minimum Gasteiger partial charge on any atom is -0.395 e. The number of piperidine rings is 1. The van der Waals surface area contributed by atoms with Gasteiger partial charge in [0, 0.05) is 12.6 Å². The molecule has 1 aliphatic heterocycles. The molecular formula is C23H23NO. The summed E-state index contributed by atoms with van der Waals surface area (Å²) < 4.78 is 0. The van der Waals surface area contributed by atoms with E-state index >= 15 is 0 Å². The summed E-state index contributed by atoms with van der Waals surface area (Å²) in [5.74, 6) is 0. The lowest BCUT2D eigenvalue weighted by atomic mass is 9.91. The molecule has 1 unspecified atom stereocenters. The normalized spacial score (nSPS) is 19.3. The van der Waals surface area contributed by atoms with Crippen molar-refractivity contribution in [3.63, 3.8) is 0 Å². The Morgan fingerprint density at radius 3 is 2.36 bits per heavy atom. The zero-order valence-electron chi connectivity index (χ0n) is 14.4. The summed E-state index contributed by atoms with van der Waals surface area (Å²) >= 11 is 0. The molecule has 0 spiro atoms. The molecular weight excluding hydrogens is 306 g/mol. The lowest BCUT2D eigenvalue weighted by molar-refractivity contribution is 0.0845. The third kappa shape index (κ3) is 2.40. The van der Waals surface area contributed by atoms with Crippen LogP contribution < -0.4 is 0 Å². The van der Waals surface area contributed by atoms with Gasteiger partial charge in [-0.3, -0.25) is 4.90 Å². The van der Waals surface area contributed by atoms with Crippen molar-refractivity contribution in [2.24, 2.45) is 0 Å². The van der Waals surface area contributed by atoms with E-state index < -0.39 is 0 Å². The Hall–Kier alpha value is -2.16. The van der Waals surface area contributed by atoms with E-state index in [1.54, 1.807) is 0 Å². The summed E-state index contributed by atoms with van der Waals surface area (Å²) in [6.07, 6.45) is 3.59. The van der Waals surface area contributed by atoms with Gasteiger partial charge < -0.3 is 5.11 Å². The van der Waals surface area contributed by atoms with Crippen molar-refractivity contribution in [2.45, 2.75) is 31.8 Å². The van der Waals surface area contributed by atoms with Gasteiger partial charge in [0.05, 0.1) is 6.61 Å². The molecule has 1 aliphatic rings. The predicted octanol–water partition coefficient (Wildman–Crippen LogP) is 4.93. The molecule has 4 aromatic rings. The van der Waals surface area contributed by atoms with Crippen molar-refractivity contribution in [3.05, 3.63) is 60.2 Å². The Balaban J connectivity index is 1.68. The number of rotatable bonds is 3. The van der Waals surface area contributed by atoms with Crippen LogP contribution in [0.3, 0.4) is 0 Å². The first-order valence-electron chi connectivity index (χ1n) is 9.35. The first-order valence-corrected chi connectivity index (χ1v) is 9.35. The molecule has 0 amide bonds. The van der Waals surface area contributed by atoms with E-state index in [0.29, 0.717) is 6.04 Å². The largest absolute Gasteiger partial charge is 0.395 e. The van der Waals surface area contributed by atoms with E-state index in [4.69, 9.17) is 0 Å². The molecule has 0 saturated carbocycles. The first-order chi connectivity index (χ1) is 12.3. The third-order valence-electron chi connectivity index (χ3n) is 5.95. The van der Waals surface area contributed by atoms with Crippen LogP contribution in [-0.4, -0.2) is 29.2 Å². The number of aliphatic hydroxyl groups is 1. The van der Waals surface area contributed by atoms with Crippen LogP contribution in [0.2, 0.25) is 0 Å². The van der Waals surface area contributed by atoms with Crippen LogP contribution in [0, 0.1) is 0 Å². The van der Waals surface area contributed by atoms with Gasteiger partial charge in [-0.05, 0) is 57.3 Å². The summed E-state index contributed by atoms with van der Waals surface area (Å²) in [5.41, 5.74) is 1.38. The quantitative estimate of drug-likeness (QED) is 0.539. The minimum absolute atomic E-state index is 0.270. The molecule has 1 heterocycles. The summed E-state index contributed by atoms with van der Waals surface area (Å²) in [4.78, 5) is 2.47. The van der Waals surface area contributed by atoms with Crippen LogP contribution in [0.25, 0.3) is 32.3 Å². The molecule has 0 aromatic heterocycles. The Morgan fingerprint density at radius 1 is 0.840 bits per heavy atom. The summed E-state index contributed by atoms with van der Waals surface area (Å²) in [6, 6.07) is 20.4. The molecule has 5 rings (SSSR count). The number of nitrogens with zero attached hydrogens (tertiary/aromatic N) is 1. The number of hydrogen-bond acceptors (Lipinski definition) is 2. The number of benzene rings is 4. The van der Waals surface area contributed by atoms with Crippen molar-refractivity contribution >= 4 is 32.3 Å². The fraction of sp³-hybridized carbons (Fsp3) is 0.304. The Bertz CT molecular complexity index is 1020. The van der Waals surface area contributed by atoms with Crippen LogP contribution in [0.5, 0.6) is 0 Å². The number of hydrogen-bond donors (Lipinski definition) is 1. The van der Waals surface area contributed by atoms with E-state index in [-0.39, 0.29) is 6.61 Å². The fourth-order valence-corrected chi connectivity index (χ4v) is 4.63. The summed E-state index contributed by atoms with van der Waals surface area (Å²) in [7, 11) is 0. The molecule has 2 heteroatoms. The van der Waals surface area contributed by atoms with Crippen molar-refractivity contribution in [3.8, 4) is 0 Å². The van der Waals surface area contributed by atoms with Gasteiger partial charge in [-0.2, -0.15) is 0 Å². The van der Waals surface area contributed by atoms with E-state index in [0.717, 1.165) is 19.5 Å². The van der Waals surface area contributed by atoms with E-state index in [9.17, 15) is 5.11 Å². The van der Waals surface area contributed by atoms with Crippen LogP contribution in [0.1, 0.15) is 24.8 Å². The molecule has 1 saturated heterocycles. The van der Waals surface area contributed by atoms with Gasteiger partial charge in [0.2, 0.25) is 0 Å². The highest BCUT2D eigenvalue weighted by molar-refractivity contribution is 6.23. The standard InChI is InChI=1S/C23H23NO/c25-15-20-6-1-2-13-24(20)14-19-10-9-18-8-7-16-4-3-5-17-11-12-21(19)23(18)22(16)17/h3-5,7-12,20,25H,1-2,6,13-15H2. The van der Waals surface area contributed by atoms with Gasteiger partial charge in [0.25, 0.3) is 0 Å². The molecule has 2 nitrogen and oxygen atoms in total. The number of likely N-dealkylation sites (tertiary alicyclic amines) is 1. The highest BCUT2D eigenvalue weighted by Crippen LogP contribution is 2.36. The summed E-state index contributed by atoms with van der Waals surface area (Å²) in [6.45, 7) is 2.29. The van der Waals surface area contributed by atoms with Crippen LogP contribution in [0.15, 0.2) is 54.6 Å². The van der Waals surface area contributed by atoms with Gasteiger partial charge in [-0.1, -0.05) is 61.0 Å². The second-order valence-electron chi connectivity index (χ2n) is 7.38. The van der Waals surface area contributed by atoms with Crippen molar-refractivity contribution < 1.29 is 5.11 Å². The zero-order valence-corrected chi connectivity index (χ0v) is 14.4. The second-order valence-corrected chi connectivity index (χ2v) is 7.38. The lowest BCUT2D eigenvalue weighted by Crippen LogP contribution is -2.41. The van der Waals surface area contributed by atoms with Gasteiger partial charge in [-0.25, -0.2) is 0 Å². The Kier molecular flexibility index (Phi) is 3.61. The minimum atomic E-state index is 0.270. The molecule has 0 bridgehead atoms. The van der Waals surface area contributed by atoms with Crippen LogP contribution in [-0.2, 0) is 6.54 Å². The van der Waals surface area contributed by atoms with E-state index in [2.05, 4.69) is 59.5 Å². The van der Waals surface area contributed by atoms with Gasteiger partial charge in [0.15, 0.2) is 0 Å². The monoisotopic (exact) mass is 329 g/mol. The molecule has 126 valence electrons. The predicted molar refractivity (Wildman–Crippen MR) is 105 cm³/mol. The maximum Gasteiger partial charge on any atom is 0.0586 e. The molecule has 1 fully saturated rings. The SMILES string of the molecule is OCC1CCCCN1Cc1ccc2ccc3cccc4ccc1c2c34. The topological polar surface area (TPSA) is 23.5 Å². The van der Waals surface area contributed by atoms with Gasteiger partial charge in [-0.15, -0.1) is 0 Å². The van der Waals surface area contributed by atoms with Gasteiger partial charge in [0.1, 0.15) is 0 Å². The average Bonchev–Trinajstić information content (AvgIpc) is 2.67. The smallest absolute Gasteiger partial charge is 0.0586 e. The molecule has 25 heavy (non-hydrogen) atoms. The zero-order chi connectivity index (χ0) is 16.8.